The number of hydrogen-bond acceptors (Lipinski definition) is 2. The highest BCUT2D eigenvalue weighted by molar-refractivity contribution is 5.78. The van der Waals surface area contributed by atoms with E-state index in [2.05, 4.69) is 57.0 Å². The molecule has 0 bridgehead atoms. The van der Waals surface area contributed by atoms with Crippen LogP contribution in [0.5, 0.6) is 0 Å². The summed E-state index contributed by atoms with van der Waals surface area (Å²) in [4.78, 5) is 6.60. The molecule has 0 saturated heterocycles. The van der Waals surface area contributed by atoms with Gasteiger partial charge in [-0.15, -0.1) is 0 Å². The molecule has 0 spiro atoms. The van der Waals surface area contributed by atoms with Crippen molar-refractivity contribution >= 4 is 5.96 Å². The van der Waals surface area contributed by atoms with Crippen molar-refractivity contribution in [1.82, 2.24) is 10.2 Å². The van der Waals surface area contributed by atoms with E-state index in [1.165, 1.54) is 0 Å². The standard InChI is InChI=1S/C12H28N4/c1-9(2)7-11(16(5)6)8-14-12(13)15-10(3)4/h9-11H,7-8H2,1-6H3,(H3,13,14,15)/t11-/m0/s1. The van der Waals surface area contributed by atoms with Gasteiger partial charge in [0, 0.05) is 12.1 Å². The third kappa shape index (κ3) is 7.51. The molecule has 4 heteroatoms. The molecule has 0 amide bonds. The van der Waals surface area contributed by atoms with E-state index < -0.39 is 0 Å². The minimum Gasteiger partial charge on any atom is -0.370 e. The molecule has 0 aromatic heterocycles. The van der Waals surface area contributed by atoms with Crippen molar-refractivity contribution < 1.29 is 0 Å². The first-order valence-corrected chi connectivity index (χ1v) is 6.05. The van der Waals surface area contributed by atoms with Gasteiger partial charge in [-0.3, -0.25) is 4.99 Å². The highest BCUT2D eigenvalue weighted by Crippen LogP contribution is 2.09. The number of rotatable bonds is 6. The Bertz CT molecular complexity index is 209. The molecular weight excluding hydrogens is 200 g/mol. The van der Waals surface area contributed by atoms with E-state index in [0.29, 0.717) is 24.0 Å². The van der Waals surface area contributed by atoms with Gasteiger partial charge >= 0.3 is 0 Å². The molecule has 0 aliphatic rings. The van der Waals surface area contributed by atoms with E-state index in [1.54, 1.807) is 0 Å². The predicted molar refractivity (Wildman–Crippen MR) is 71.7 cm³/mol. The molecule has 0 aromatic carbocycles. The summed E-state index contributed by atoms with van der Waals surface area (Å²) in [5.41, 5.74) is 5.77. The predicted octanol–water partition coefficient (Wildman–Crippen LogP) is 1.28. The molecule has 1 atom stereocenters. The van der Waals surface area contributed by atoms with Crippen LogP contribution in [-0.2, 0) is 0 Å². The zero-order chi connectivity index (χ0) is 12.7. The molecule has 0 aromatic rings. The minimum atomic E-state index is 0.339. The smallest absolute Gasteiger partial charge is 0.188 e. The Hall–Kier alpha value is -0.770. The lowest BCUT2D eigenvalue weighted by molar-refractivity contribution is 0.261. The molecule has 3 N–H and O–H groups in total. The molecule has 4 nitrogen and oxygen atoms in total. The average molecular weight is 228 g/mol. The fourth-order valence-electron chi connectivity index (χ4n) is 1.54. The summed E-state index contributed by atoms with van der Waals surface area (Å²) < 4.78 is 0. The van der Waals surface area contributed by atoms with Crippen LogP contribution in [0.2, 0.25) is 0 Å². The topological polar surface area (TPSA) is 53.6 Å². The Balaban J connectivity index is 4.19. The van der Waals surface area contributed by atoms with E-state index in [9.17, 15) is 0 Å². The van der Waals surface area contributed by atoms with Gasteiger partial charge in [0.05, 0.1) is 6.54 Å². The van der Waals surface area contributed by atoms with Gasteiger partial charge in [-0.05, 0) is 40.3 Å². The second-order valence-corrected chi connectivity index (χ2v) is 5.27. The largest absolute Gasteiger partial charge is 0.370 e. The molecule has 16 heavy (non-hydrogen) atoms. The normalized spacial score (nSPS) is 14.9. The zero-order valence-corrected chi connectivity index (χ0v) is 11.6. The monoisotopic (exact) mass is 228 g/mol. The average Bonchev–Trinajstić information content (AvgIpc) is 2.09. The first-order chi connectivity index (χ1) is 7.32. The number of nitrogens with one attached hydrogen (secondary N) is 1. The highest BCUT2D eigenvalue weighted by Gasteiger charge is 2.12. The summed E-state index contributed by atoms with van der Waals surface area (Å²) in [6.07, 6.45) is 1.14. The number of hydrogen-bond donors (Lipinski definition) is 2. The van der Waals surface area contributed by atoms with Gasteiger partial charge in [0.1, 0.15) is 0 Å². The van der Waals surface area contributed by atoms with Gasteiger partial charge in [-0.25, -0.2) is 0 Å². The third-order valence-electron chi connectivity index (χ3n) is 2.38. The van der Waals surface area contributed by atoms with Gasteiger partial charge in [0.15, 0.2) is 5.96 Å². The molecule has 0 fully saturated rings. The van der Waals surface area contributed by atoms with Crippen LogP contribution in [-0.4, -0.2) is 43.6 Å². The van der Waals surface area contributed by atoms with Gasteiger partial charge < -0.3 is 16.0 Å². The van der Waals surface area contributed by atoms with Crippen molar-refractivity contribution in [2.45, 2.75) is 46.2 Å². The van der Waals surface area contributed by atoms with Crippen molar-refractivity contribution in [2.24, 2.45) is 16.6 Å². The fraction of sp³-hybridized carbons (Fsp3) is 0.917. The number of nitrogens with two attached hydrogens (primary N) is 1. The van der Waals surface area contributed by atoms with E-state index in [0.717, 1.165) is 13.0 Å². The van der Waals surface area contributed by atoms with Gasteiger partial charge in [0.2, 0.25) is 0 Å². The van der Waals surface area contributed by atoms with Crippen molar-refractivity contribution in [1.29, 1.82) is 0 Å². The Morgan fingerprint density at radius 1 is 1.25 bits per heavy atom. The number of nitrogens with zero attached hydrogens (tertiary/aromatic N) is 2. The van der Waals surface area contributed by atoms with Crippen molar-refractivity contribution in [3.05, 3.63) is 0 Å². The highest BCUT2D eigenvalue weighted by atomic mass is 15.1. The van der Waals surface area contributed by atoms with Crippen LogP contribution in [0.25, 0.3) is 0 Å². The van der Waals surface area contributed by atoms with E-state index in [-0.39, 0.29) is 0 Å². The minimum absolute atomic E-state index is 0.339. The lowest BCUT2D eigenvalue weighted by Gasteiger charge is -2.24. The summed E-state index contributed by atoms with van der Waals surface area (Å²) in [6.45, 7) is 9.34. The fourth-order valence-corrected chi connectivity index (χ4v) is 1.54. The van der Waals surface area contributed by atoms with Crippen molar-refractivity contribution in [2.75, 3.05) is 20.6 Å². The quantitative estimate of drug-likeness (QED) is 0.532. The summed E-state index contributed by atoms with van der Waals surface area (Å²) >= 11 is 0. The SMILES string of the molecule is CC(C)C[C@@H](CN=C(N)NC(C)C)N(C)C. The summed E-state index contributed by atoms with van der Waals surface area (Å²) in [5, 5.41) is 3.10. The second kappa shape index (κ2) is 7.49. The van der Waals surface area contributed by atoms with Gasteiger partial charge in [-0.1, -0.05) is 13.8 Å². The Morgan fingerprint density at radius 2 is 1.81 bits per heavy atom. The van der Waals surface area contributed by atoms with E-state index >= 15 is 0 Å². The van der Waals surface area contributed by atoms with Crippen LogP contribution in [0.3, 0.4) is 0 Å². The molecule has 0 radical (unpaired) electrons. The maximum atomic E-state index is 5.77. The second-order valence-electron chi connectivity index (χ2n) is 5.27. The van der Waals surface area contributed by atoms with Crippen LogP contribution < -0.4 is 11.1 Å². The van der Waals surface area contributed by atoms with E-state index in [4.69, 9.17) is 5.73 Å². The van der Waals surface area contributed by atoms with E-state index in [1.807, 2.05) is 0 Å². The zero-order valence-electron chi connectivity index (χ0n) is 11.6. The number of guanidine groups is 1. The Morgan fingerprint density at radius 3 is 2.19 bits per heavy atom. The number of aliphatic imine (C=N–C) groups is 1. The van der Waals surface area contributed by atoms with Crippen molar-refractivity contribution in [3.63, 3.8) is 0 Å². The lowest BCUT2D eigenvalue weighted by Crippen LogP contribution is -2.39. The Kier molecular flexibility index (Phi) is 7.13. The van der Waals surface area contributed by atoms with Crippen LogP contribution in [0.15, 0.2) is 4.99 Å². The number of likely N-dealkylation sites (N-methyl/N-ethyl adjacent to an activating group) is 1. The molecule has 0 aliphatic heterocycles. The van der Waals surface area contributed by atoms with Crippen LogP contribution >= 0.6 is 0 Å². The molecule has 0 rings (SSSR count). The van der Waals surface area contributed by atoms with Crippen LogP contribution in [0.1, 0.15) is 34.1 Å². The molecule has 96 valence electrons. The summed E-state index contributed by atoms with van der Waals surface area (Å²) in [5.74, 6) is 1.23. The molecular formula is C12H28N4. The maximum absolute atomic E-state index is 5.77. The molecule has 0 unspecified atom stereocenters. The first kappa shape index (κ1) is 15.2. The van der Waals surface area contributed by atoms with Gasteiger partial charge in [-0.2, -0.15) is 0 Å². The summed E-state index contributed by atoms with van der Waals surface area (Å²) in [7, 11) is 4.18. The van der Waals surface area contributed by atoms with Crippen LogP contribution in [0, 0.1) is 5.92 Å². The maximum Gasteiger partial charge on any atom is 0.188 e. The first-order valence-electron chi connectivity index (χ1n) is 6.05. The molecule has 0 aliphatic carbocycles. The molecule has 0 heterocycles. The van der Waals surface area contributed by atoms with Crippen molar-refractivity contribution in [3.8, 4) is 0 Å². The van der Waals surface area contributed by atoms with Gasteiger partial charge in [0.25, 0.3) is 0 Å². The van der Waals surface area contributed by atoms with Crippen LogP contribution in [0.4, 0.5) is 0 Å². The lowest BCUT2D eigenvalue weighted by atomic mass is 10.0. The Labute approximate surface area is 100 Å². The summed E-state index contributed by atoms with van der Waals surface area (Å²) in [6, 6.07) is 0.805. The molecule has 0 saturated carbocycles. The third-order valence-corrected chi connectivity index (χ3v) is 2.38.